The number of hydrazone groups is 1. The number of nitrogens with zero attached hydrogens (tertiary/aromatic N) is 1. The number of phenols is 1. The quantitative estimate of drug-likeness (QED) is 0.587. The summed E-state index contributed by atoms with van der Waals surface area (Å²) in [4.78, 5) is 11.6. The minimum Gasteiger partial charge on any atom is -0.508 e. The van der Waals surface area contributed by atoms with E-state index in [0.29, 0.717) is 5.02 Å². The van der Waals surface area contributed by atoms with E-state index in [1.54, 1.807) is 42.5 Å². The van der Waals surface area contributed by atoms with E-state index in [1.165, 1.54) is 6.21 Å². The van der Waals surface area contributed by atoms with Crippen LogP contribution in [0.3, 0.4) is 0 Å². The van der Waals surface area contributed by atoms with Crippen molar-refractivity contribution in [2.75, 3.05) is 11.9 Å². The number of carbonyl (C=O) groups excluding carboxylic acids is 1. The van der Waals surface area contributed by atoms with Crippen molar-refractivity contribution in [1.29, 1.82) is 0 Å². The number of hydrogen-bond acceptors (Lipinski definition) is 4. The van der Waals surface area contributed by atoms with E-state index < -0.39 is 0 Å². The van der Waals surface area contributed by atoms with E-state index in [1.807, 2.05) is 6.07 Å². The summed E-state index contributed by atoms with van der Waals surface area (Å²) in [7, 11) is 0. The number of halogens is 1. The summed E-state index contributed by atoms with van der Waals surface area (Å²) >= 11 is 5.84. The van der Waals surface area contributed by atoms with Crippen molar-refractivity contribution >= 4 is 29.4 Å². The molecule has 2 rings (SSSR count). The standard InChI is InChI=1S/C15H14ClN3O2/c16-12-2-1-3-13(8-12)17-10-15(21)19-18-9-11-4-6-14(20)7-5-11/h1-9,17,20H,10H2,(H,19,21). The van der Waals surface area contributed by atoms with Crippen molar-refractivity contribution in [2.45, 2.75) is 0 Å². The highest BCUT2D eigenvalue weighted by Gasteiger charge is 1.99. The van der Waals surface area contributed by atoms with Crippen LogP contribution in [-0.4, -0.2) is 23.8 Å². The molecule has 2 aromatic carbocycles. The summed E-state index contributed by atoms with van der Waals surface area (Å²) in [6.45, 7) is 0.0905. The number of phenolic OH excluding ortho intramolecular Hbond substituents is 1. The van der Waals surface area contributed by atoms with Gasteiger partial charge in [-0.2, -0.15) is 5.10 Å². The van der Waals surface area contributed by atoms with E-state index in [4.69, 9.17) is 16.7 Å². The Morgan fingerprint density at radius 2 is 2.00 bits per heavy atom. The third-order valence-corrected chi connectivity index (χ3v) is 2.81. The molecule has 5 nitrogen and oxygen atoms in total. The van der Waals surface area contributed by atoms with Crippen molar-refractivity contribution in [2.24, 2.45) is 5.10 Å². The molecular weight excluding hydrogens is 290 g/mol. The van der Waals surface area contributed by atoms with Gasteiger partial charge in [-0.05, 0) is 48.0 Å². The van der Waals surface area contributed by atoms with Gasteiger partial charge in [0.25, 0.3) is 5.91 Å². The highest BCUT2D eigenvalue weighted by molar-refractivity contribution is 6.30. The van der Waals surface area contributed by atoms with Crippen LogP contribution in [0, 0.1) is 0 Å². The zero-order valence-corrected chi connectivity index (χ0v) is 11.8. The largest absolute Gasteiger partial charge is 0.508 e. The monoisotopic (exact) mass is 303 g/mol. The van der Waals surface area contributed by atoms with Gasteiger partial charge >= 0.3 is 0 Å². The van der Waals surface area contributed by atoms with Gasteiger partial charge in [0, 0.05) is 10.7 Å². The normalized spacial score (nSPS) is 10.5. The van der Waals surface area contributed by atoms with Crippen LogP contribution in [0.2, 0.25) is 5.02 Å². The Kier molecular flexibility index (Phi) is 5.17. The molecule has 0 saturated heterocycles. The number of benzene rings is 2. The fourth-order valence-electron chi connectivity index (χ4n) is 1.56. The molecule has 0 bridgehead atoms. The van der Waals surface area contributed by atoms with Gasteiger partial charge in [-0.15, -0.1) is 0 Å². The highest BCUT2D eigenvalue weighted by Crippen LogP contribution is 2.14. The molecule has 0 radical (unpaired) electrons. The van der Waals surface area contributed by atoms with Crippen molar-refractivity contribution in [3.05, 3.63) is 59.1 Å². The number of anilines is 1. The molecule has 108 valence electrons. The Morgan fingerprint density at radius 3 is 2.71 bits per heavy atom. The van der Waals surface area contributed by atoms with Crippen LogP contribution in [0.5, 0.6) is 5.75 Å². The van der Waals surface area contributed by atoms with Crippen LogP contribution in [0.1, 0.15) is 5.56 Å². The summed E-state index contributed by atoms with van der Waals surface area (Å²) in [5.41, 5.74) is 3.94. The molecule has 0 atom stereocenters. The summed E-state index contributed by atoms with van der Waals surface area (Å²) in [6.07, 6.45) is 1.50. The Bertz CT molecular complexity index is 642. The molecule has 6 heteroatoms. The number of carbonyl (C=O) groups is 1. The van der Waals surface area contributed by atoms with E-state index in [2.05, 4.69) is 15.8 Å². The summed E-state index contributed by atoms with van der Waals surface area (Å²) in [5, 5.41) is 16.5. The number of nitrogens with one attached hydrogen (secondary N) is 2. The molecule has 0 aromatic heterocycles. The minimum absolute atomic E-state index is 0.0905. The lowest BCUT2D eigenvalue weighted by atomic mass is 10.2. The first-order chi connectivity index (χ1) is 10.1. The molecule has 0 saturated carbocycles. The molecular formula is C15H14ClN3O2. The predicted octanol–water partition coefficient (Wildman–Crippen LogP) is 2.61. The maximum absolute atomic E-state index is 11.6. The molecule has 0 heterocycles. The van der Waals surface area contributed by atoms with Crippen molar-refractivity contribution < 1.29 is 9.90 Å². The van der Waals surface area contributed by atoms with Crippen molar-refractivity contribution in [3.63, 3.8) is 0 Å². The van der Waals surface area contributed by atoms with Gasteiger partial charge in [-0.3, -0.25) is 4.79 Å². The van der Waals surface area contributed by atoms with Crippen LogP contribution in [0.15, 0.2) is 53.6 Å². The summed E-state index contributed by atoms with van der Waals surface area (Å²) in [6, 6.07) is 13.6. The second kappa shape index (κ2) is 7.31. The molecule has 2 aromatic rings. The van der Waals surface area contributed by atoms with Gasteiger partial charge in [0.05, 0.1) is 12.8 Å². The maximum Gasteiger partial charge on any atom is 0.259 e. The lowest BCUT2D eigenvalue weighted by Crippen LogP contribution is -2.25. The number of rotatable bonds is 5. The lowest BCUT2D eigenvalue weighted by molar-refractivity contribution is -0.119. The zero-order chi connectivity index (χ0) is 15.1. The topological polar surface area (TPSA) is 73.7 Å². The molecule has 1 amide bonds. The Morgan fingerprint density at radius 1 is 1.24 bits per heavy atom. The Balaban J connectivity index is 1.78. The Hall–Kier alpha value is -2.53. The van der Waals surface area contributed by atoms with E-state index in [0.717, 1.165) is 11.3 Å². The van der Waals surface area contributed by atoms with Crippen LogP contribution in [0.4, 0.5) is 5.69 Å². The first kappa shape index (κ1) is 14.9. The second-order valence-corrected chi connectivity index (χ2v) is 4.69. The van der Waals surface area contributed by atoms with Crippen molar-refractivity contribution in [3.8, 4) is 5.75 Å². The molecule has 0 fully saturated rings. The van der Waals surface area contributed by atoms with Gasteiger partial charge in [0.1, 0.15) is 5.75 Å². The van der Waals surface area contributed by atoms with E-state index in [9.17, 15) is 4.79 Å². The predicted molar refractivity (Wildman–Crippen MR) is 83.8 cm³/mol. The average Bonchev–Trinajstić information content (AvgIpc) is 2.47. The lowest BCUT2D eigenvalue weighted by Gasteiger charge is -2.05. The fourth-order valence-corrected chi connectivity index (χ4v) is 1.75. The molecule has 0 unspecified atom stereocenters. The van der Waals surface area contributed by atoms with Crippen LogP contribution in [-0.2, 0) is 4.79 Å². The number of aromatic hydroxyl groups is 1. The van der Waals surface area contributed by atoms with Gasteiger partial charge < -0.3 is 10.4 Å². The van der Waals surface area contributed by atoms with Crippen LogP contribution >= 0.6 is 11.6 Å². The van der Waals surface area contributed by atoms with Crippen LogP contribution in [0.25, 0.3) is 0 Å². The van der Waals surface area contributed by atoms with Crippen LogP contribution < -0.4 is 10.7 Å². The van der Waals surface area contributed by atoms with Gasteiger partial charge in [-0.1, -0.05) is 17.7 Å². The van der Waals surface area contributed by atoms with Crippen molar-refractivity contribution in [1.82, 2.24) is 5.43 Å². The third kappa shape index (κ3) is 5.16. The van der Waals surface area contributed by atoms with Gasteiger partial charge in [0.2, 0.25) is 0 Å². The average molecular weight is 304 g/mol. The first-order valence-corrected chi connectivity index (χ1v) is 6.61. The molecule has 0 aliphatic rings. The molecule has 0 aliphatic carbocycles. The fraction of sp³-hybridized carbons (Fsp3) is 0.0667. The minimum atomic E-state index is -0.273. The van der Waals surface area contributed by atoms with Gasteiger partial charge in [0.15, 0.2) is 0 Å². The van der Waals surface area contributed by atoms with E-state index >= 15 is 0 Å². The highest BCUT2D eigenvalue weighted by atomic mass is 35.5. The molecule has 3 N–H and O–H groups in total. The van der Waals surface area contributed by atoms with Gasteiger partial charge in [-0.25, -0.2) is 5.43 Å². The molecule has 0 spiro atoms. The number of amides is 1. The summed E-state index contributed by atoms with van der Waals surface area (Å²) < 4.78 is 0. The third-order valence-electron chi connectivity index (χ3n) is 2.57. The smallest absolute Gasteiger partial charge is 0.259 e. The zero-order valence-electron chi connectivity index (χ0n) is 11.1. The second-order valence-electron chi connectivity index (χ2n) is 4.25. The SMILES string of the molecule is O=C(CNc1cccc(Cl)c1)NN=Cc1ccc(O)cc1. The summed E-state index contributed by atoms with van der Waals surface area (Å²) in [5.74, 6) is -0.0908. The van der Waals surface area contributed by atoms with E-state index in [-0.39, 0.29) is 18.2 Å². The maximum atomic E-state index is 11.6. The molecule has 21 heavy (non-hydrogen) atoms. The first-order valence-electron chi connectivity index (χ1n) is 6.24. The Labute approximate surface area is 127 Å². The number of hydrogen-bond donors (Lipinski definition) is 3. The molecule has 0 aliphatic heterocycles.